The summed E-state index contributed by atoms with van der Waals surface area (Å²) in [5, 5.41) is 15.7. The SMILES string of the molecule is CC(C)NS(=O)(=O)NCc1cn(CC(=O)O)nn1. The second kappa shape index (κ2) is 5.89. The van der Waals surface area contributed by atoms with Crippen LogP contribution in [0.5, 0.6) is 0 Å². The van der Waals surface area contributed by atoms with E-state index < -0.39 is 16.2 Å². The van der Waals surface area contributed by atoms with Gasteiger partial charge in [-0.1, -0.05) is 5.21 Å². The maximum Gasteiger partial charge on any atom is 0.325 e. The zero-order valence-electron chi connectivity index (χ0n) is 9.99. The first kappa shape index (κ1) is 14.5. The smallest absolute Gasteiger partial charge is 0.325 e. The van der Waals surface area contributed by atoms with Crippen LogP contribution in [0.4, 0.5) is 0 Å². The molecule has 0 aromatic carbocycles. The van der Waals surface area contributed by atoms with Crippen LogP contribution >= 0.6 is 0 Å². The second-order valence-electron chi connectivity index (χ2n) is 3.90. The van der Waals surface area contributed by atoms with Crippen molar-refractivity contribution in [3.05, 3.63) is 11.9 Å². The third kappa shape index (κ3) is 5.21. The van der Waals surface area contributed by atoms with Crippen molar-refractivity contribution in [1.82, 2.24) is 24.4 Å². The molecular formula is C8H15N5O4S. The number of carboxylic acid groups (broad SMARTS) is 1. The van der Waals surface area contributed by atoms with Crippen molar-refractivity contribution >= 4 is 16.2 Å². The number of nitrogens with one attached hydrogen (secondary N) is 2. The topological polar surface area (TPSA) is 126 Å². The minimum Gasteiger partial charge on any atom is -0.480 e. The molecule has 9 nitrogen and oxygen atoms in total. The second-order valence-corrected chi connectivity index (χ2v) is 5.43. The molecule has 1 rings (SSSR count). The quantitative estimate of drug-likeness (QED) is 0.568. The molecule has 1 aromatic rings. The van der Waals surface area contributed by atoms with Crippen LogP contribution < -0.4 is 9.44 Å². The van der Waals surface area contributed by atoms with E-state index in [0.29, 0.717) is 5.69 Å². The van der Waals surface area contributed by atoms with Gasteiger partial charge >= 0.3 is 5.97 Å². The summed E-state index contributed by atoms with van der Waals surface area (Å²) in [5.74, 6) is -1.05. The molecular weight excluding hydrogens is 262 g/mol. The highest BCUT2D eigenvalue weighted by Gasteiger charge is 2.12. The van der Waals surface area contributed by atoms with Gasteiger partial charge in [0.05, 0.1) is 18.4 Å². The molecule has 0 fully saturated rings. The Bertz CT molecular complexity index is 509. The molecule has 0 aliphatic carbocycles. The molecule has 102 valence electrons. The van der Waals surface area contributed by atoms with Crippen molar-refractivity contribution in [1.29, 1.82) is 0 Å². The molecule has 0 saturated heterocycles. The molecule has 3 N–H and O–H groups in total. The van der Waals surface area contributed by atoms with Crippen molar-refractivity contribution in [3.8, 4) is 0 Å². The lowest BCUT2D eigenvalue weighted by molar-refractivity contribution is -0.137. The van der Waals surface area contributed by atoms with E-state index in [2.05, 4.69) is 19.8 Å². The summed E-state index contributed by atoms with van der Waals surface area (Å²) in [7, 11) is -3.59. The number of hydrogen-bond acceptors (Lipinski definition) is 5. The predicted octanol–water partition coefficient (Wildman–Crippen LogP) is -1.30. The van der Waals surface area contributed by atoms with Gasteiger partial charge < -0.3 is 5.11 Å². The summed E-state index contributed by atoms with van der Waals surface area (Å²) >= 11 is 0. The molecule has 0 spiro atoms. The third-order valence-electron chi connectivity index (χ3n) is 1.72. The molecule has 1 aromatic heterocycles. The number of rotatable bonds is 7. The lowest BCUT2D eigenvalue weighted by Crippen LogP contribution is -2.39. The summed E-state index contributed by atoms with van der Waals surface area (Å²) in [5.41, 5.74) is 0.338. The number of carbonyl (C=O) groups is 1. The lowest BCUT2D eigenvalue weighted by Gasteiger charge is -2.09. The van der Waals surface area contributed by atoms with E-state index in [1.54, 1.807) is 13.8 Å². The van der Waals surface area contributed by atoms with Crippen molar-refractivity contribution in [2.24, 2.45) is 0 Å². The fraction of sp³-hybridized carbons (Fsp3) is 0.625. The van der Waals surface area contributed by atoms with Gasteiger partial charge in [0.1, 0.15) is 6.54 Å². The number of nitrogens with zero attached hydrogens (tertiary/aromatic N) is 3. The van der Waals surface area contributed by atoms with E-state index in [-0.39, 0.29) is 19.1 Å². The highest BCUT2D eigenvalue weighted by Crippen LogP contribution is 1.94. The standard InChI is InChI=1S/C8H15N5O4S/c1-6(2)11-18(16,17)9-3-7-4-13(12-10-7)5-8(14)15/h4,6,9,11H,3,5H2,1-2H3,(H,14,15). The van der Waals surface area contributed by atoms with Crippen LogP contribution in [0.3, 0.4) is 0 Å². The maximum absolute atomic E-state index is 11.4. The fourth-order valence-corrected chi connectivity index (χ4v) is 2.20. The first-order chi connectivity index (χ1) is 8.28. The Kier molecular flexibility index (Phi) is 4.76. The Morgan fingerprint density at radius 1 is 1.56 bits per heavy atom. The van der Waals surface area contributed by atoms with E-state index in [0.717, 1.165) is 4.68 Å². The van der Waals surface area contributed by atoms with Crippen molar-refractivity contribution in [3.63, 3.8) is 0 Å². The van der Waals surface area contributed by atoms with Crippen LogP contribution in [-0.4, -0.2) is 40.5 Å². The van der Waals surface area contributed by atoms with E-state index >= 15 is 0 Å². The largest absolute Gasteiger partial charge is 0.480 e. The maximum atomic E-state index is 11.4. The lowest BCUT2D eigenvalue weighted by atomic mass is 10.4. The molecule has 0 aliphatic rings. The highest BCUT2D eigenvalue weighted by molar-refractivity contribution is 7.87. The van der Waals surface area contributed by atoms with Crippen LogP contribution in [-0.2, 0) is 28.1 Å². The Labute approximate surface area is 104 Å². The molecule has 0 amide bonds. The average Bonchev–Trinajstić information content (AvgIpc) is 2.60. The van der Waals surface area contributed by atoms with Gasteiger partial charge in [-0.2, -0.15) is 17.9 Å². The Balaban J connectivity index is 2.53. The number of carboxylic acids is 1. The molecule has 0 radical (unpaired) electrons. The molecule has 1 heterocycles. The third-order valence-corrected chi connectivity index (χ3v) is 3.02. The predicted molar refractivity (Wildman–Crippen MR) is 61.7 cm³/mol. The van der Waals surface area contributed by atoms with Gasteiger partial charge in [-0.05, 0) is 13.8 Å². The zero-order valence-corrected chi connectivity index (χ0v) is 10.8. The van der Waals surface area contributed by atoms with Gasteiger partial charge in [-0.15, -0.1) is 5.10 Å². The Morgan fingerprint density at radius 3 is 2.78 bits per heavy atom. The first-order valence-corrected chi connectivity index (χ1v) is 6.64. The molecule has 18 heavy (non-hydrogen) atoms. The van der Waals surface area contributed by atoms with Crippen LogP contribution in [0.2, 0.25) is 0 Å². The molecule has 0 bridgehead atoms. The molecule has 0 saturated carbocycles. The summed E-state index contributed by atoms with van der Waals surface area (Å²) in [6.07, 6.45) is 1.37. The number of aromatic nitrogens is 3. The van der Waals surface area contributed by atoms with E-state index in [9.17, 15) is 13.2 Å². The number of hydrogen-bond donors (Lipinski definition) is 3. The molecule has 0 aliphatic heterocycles. The summed E-state index contributed by atoms with van der Waals surface area (Å²) in [4.78, 5) is 10.4. The van der Waals surface area contributed by atoms with Crippen molar-refractivity contribution in [2.75, 3.05) is 0 Å². The summed E-state index contributed by atoms with van der Waals surface area (Å²) in [6.45, 7) is 3.02. The van der Waals surface area contributed by atoms with Crippen molar-refractivity contribution < 1.29 is 18.3 Å². The van der Waals surface area contributed by atoms with Gasteiger partial charge in [0, 0.05) is 6.04 Å². The highest BCUT2D eigenvalue weighted by atomic mass is 32.2. The minimum atomic E-state index is -3.59. The van der Waals surface area contributed by atoms with Gasteiger partial charge in [0.15, 0.2) is 0 Å². The van der Waals surface area contributed by atoms with Crippen LogP contribution in [0.15, 0.2) is 6.20 Å². The average molecular weight is 277 g/mol. The molecule has 0 unspecified atom stereocenters. The van der Waals surface area contributed by atoms with Gasteiger partial charge in [-0.25, -0.2) is 4.68 Å². The van der Waals surface area contributed by atoms with Gasteiger partial charge in [0.2, 0.25) is 0 Å². The van der Waals surface area contributed by atoms with E-state index in [1.807, 2.05) is 0 Å². The van der Waals surface area contributed by atoms with Gasteiger partial charge in [-0.3, -0.25) is 4.79 Å². The monoisotopic (exact) mass is 277 g/mol. The van der Waals surface area contributed by atoms with E-state index in [1.165, 1.54) is 6.20 Å². The normalized spacial score (nSPS) is 11.9. The molecule has 10 heteroatoms. The number of aliphatic carboxylic acids is 1. The summed E-state index contributed by atoms with van der Waals surface area (Å²) < 4.78 is 28.6. The van der Waals surface area contributed by atoms with Gasteiger partial charge in [0.25, 0.3) is 10.2 Å². The fourth-order valence-electron chi connectivity index (χ4n) is 1.16. The van der Waals surface area contributed by atoms with Crippen LogP contribution in [0.25, 0.3) is 0 Å². The Morgan fingerprint density at radius 2 is 2.22 bits per heavy atom. The zero-order chi connectivity index (χ0) is 13.8. The van der Waals surface area contributed by atoms with Crippen molar-refractivity contribution in [2.45, 2.75) is 33.0 Å². The molecule has 0 atom stereocenters. The summed E-state index contributed by atoms with van der Waals surface area (Å²) in [6, 6.07) is -0.217. The first-order valence-electron chi connectivity index (χ1n) is 5.16. The van der Waals surface area contributed by atoms with Crippen LogP contribution in [0, 0.1) is 0 Å². The Hall–Kier alpha value is -1.52. The van der Waals surface area contributed by atoms with E-state index in [4.69, 9.17) is 5.11 Å². The van der Waals surface area contributed by atoms with Crippen LogP contribution in [0.1, 0.15) is 19.5 Å². The minimum absolute atomic E-state index is 0.0539.